The normalized spacial score (nSPS) is 21.1. The second-order valence-electron chi connectivity index (χ2n) is 6.01. The molecule has 0 heterocycles. The van der Waals surface area contributed by atoms with Crippen LogP contribution in [0, 0.1) is 5.92 Å². The van der Waals surface area contributed by atoms with Gasteiger partial charge in [-0.25, -0.2) is 9.59 Å². The molecule has 0 radical (unpaired) electrons. The second kappa shape index (κ2) is 5.26. The molecule has 0 bridgehead atoms. The van der Waals surface area contributed by atoms with Crippen molar-refractivity contribution in [1.29, 1.82) is 0 Å². The quantitative estimate of drug-likeness (QED) is 0.593. The maximum absolute atomic E-state index is 12.1. The van der Waals surface area contributed by atoms with Gasteiger partial charge >= 0.3 is 11.9 Å². The molecule has 1 saturated carbocycles. The Labute approximate surface area is 108 Å². The van der Waals surface area contributed by atoms with Crippen LogP contribution >= 0.6 is 0 Å². The molecule has 1 fully saturated rings. The smallest absolute Gasteiger partial charge is 0.338 e. The zero-order chi connectivity index (χ0) is 14.0. The molecule has 0 spiro atoms. The van der Waals surface area contributed by atoms with E-state index in [0.29, 0.717) is 12.8 Å². The van der Waals surface area contributed by atoms with Gasteiger partial charge in [-0.05, 0) is 39.5 Å². The molecule has 0 saturated heterocycles. The van der Waals surface area contributed by atoms with Crippen molar-refractivity contribution in [3.8, 4) is 0 Å². The summed E-state index contributed by atoms with van der Waals surface area (Å²) >= 11 is 0. The fraction of sp³-hybridized carbons (Fsp3) is 0.846. The van der Waals surface area contributed by atoms with E-state index in [4.69, 9.17) is 10.5 Å². The Hall–Kier alpha value is -1.10. The summed E-state index contributed by atoms with van der Waals surface area (Å²) in [4.78, 5) is 23.5. The van der Waals surface area contributed by atoms with E-state index in [9.17, 15) is 14.7 Å². The lowest BCUT2D eigenvalue weighted by atomic mass is 9.75. The first-order valence-electron chi connectivity index (χ1n) is 6.43. The summed E-state index contributed by atoms with van der Waals surface area (Å²) in [6.07, 6.45) is 4.24. The van der Waals surface area contributed by atoms with Gasteiger partial charge in [0, 0.05) is 0 Å². The predicted octanol–water partition coefficient (Wildman–Crippen LogP) is 1.69. The minimum Gasteiger partial charge on any atom is -0.479 e. The minimum absolute atomic E-state index is 0.335. The Morgan fingerprint density at radius 3 is 2.06 bits per heavy atom. The summed E-state index contributed by atoms with van der Waals surface area (Å²) < 4.78 is 5.17. The molecule has 0 aliphatic heterocycles. The molecule has 3 N–H and O–H groups in total. The molecule has 0 amide bonds. The summed E-state index contributed by atoms with van der Waals surface area (Å²) in [5.41, 5.74) is 3.25. The van der Waals surface area contributed by atoms with E-state index in [-0.39, 0.29) is 5.92 Å². The van der Waals surface area contributed by atoms with Crippen molar-refractivity contribution in [1.82, 2.24) is 0 Å². The van der Waals surface area contributed by atoms with Crippen LogP contribution in [0.2, 0.25) is 0 Å². The predicted molar refractivity (Wildman–Crippen MR) is 67.0 cm³/mol. The van der Waals surface area contributed by atoms with Gasteiger partial charge in [0.25, 0.3) is 0 Å². The lowest BCUT2D eigenvalue weighted by Crippen LogP contribution is -2.62. The minimum atomic E-state index is -1.91. The zero-order valence-corrected chi connectivity index (χ0v) is 11.4. The van der Waals surface area contributed by atoms with Crippen LogP contribution in [0.3, 0.4) is 0 Å². The van der Waals surface area contributed by atoms with Crippen LogP contribution in [0.25, 0.3) is 0 Å². The summed E-state index contributed by atoms with van der Waals surface area (Å²) in [6, 6.07) is 0. The molecule has 0 unspecified atom stereocenters. The number of aliphatic carboxylic acids is 1. The summed E-state index contributed by atoms with van der Waals surface area (Å²) in [6.45, 7) is 5.11. The first-order valence-corrected chi connectivity index (χ1v) is 6.43. The molecule has 18 heavy (non-hydrogen) atoms. The standard InChI is InChI=1S/C13H23NO4/c1-12(2,3)18-11(17)13(14,10(15)16)9-7-5-4-6-8-9/h9H,4-8,14H2,1-3H3,(H,15,16)/t13-/m0/s1. The number of carbonyl (C=O) groups is 2. The highest BCUT2D eigenvalue weighted by Crippen LogP contribution is 2.33. The van der Waals surface area contributed by atoms with Crippen LogP contribution in [0.5, 0.6) is 0 Å². The SMILES string of the molecule is CC(C)(C)OC(=O)[C@@](N)(C(=O)O)C1CCCCC1. The van der Waals surface area contributed by atoms with Gasteiger partial charge in [-0.15, -0.1) is 0 Å². The maximum Gasteiger partial charge on any atom is 0.338 e. The van der Waals surface area contributed by atoms with Crippen molar-refractivity contribution in [2.24, 2.45) is 11.7 Å². The number of hydrogen-bond donors (Lipinski definition) is 2. The molecule has 5 nitrogen and oxygen atoms in total. The Balaban J connectivity index is 2.92. The van der Waals surface area contributed by atoms with Crippen molar-refractivity contribution in [2.45, 2.75) is 64.0 Å². The van der Waals surface area contributed by atoms with E-state index in [1.165, 1.54) is 0 Å². The fourth-order valence-electron chi connectivity index (χ4n) is 2.35. The highest BCUT2D eigenvalue weighted by Gasteiger charge is 2.51. The van der Waals surface area contributed by atoms with Crippen molar-refractivity contribution >= 4 is 11.9 Å². The molecule has 0 aromatic heterocycles. The van der Waals surface area contributed by atoms with Gasteiger partial charge in [0.15, 0.2) is 0 Å². The molecule has 104 valence electrons. The van der Waals surface area contributed by atoms with Crippen LogP contribution in [0.15, 0.2) is 0 Å². The van der Waals surface area contributed by atoms with Crippen LogP contribution in [-0.2, 0) is 14.3 Å². The highest BCUT2D eigenvalue weighted by atomic mass is 16.6. The molecule has 1 aliphatic carbocycles. The Morgan fingerprint density at radius 2 is 1.67 bits per heavy atom. The van der Waals surface area contributed by atoms with Crippen molar-refractivity contribution < 1.29 is 19.4 Å². The van der Waals surface area contributed by atoms with Crippen LogP contribution in [0.4, 0.5) is 0 Å². The first kappa shape index (κ1) is 15.0. The third-order valence-electron chi connectivity index (χ3n) is 3.34. The maximum atomic E-state index is 12.1. The first-order chi connectivity index (χ1) is 8.18. The Morgan fingerprint density at radius 1 is 1.17 bits per heavy atom. The summed E-state index contributed by atoms with van der Waals surface area (Å²) in [5.74, 6) is -2.45. The molecule has 1 aliphatic rings. The van der Waals surface area contributed by atoms with Crippen LogP contribution in [0.1, 0.15) is 52.9 Å². The number of hydrogen-bond acceptors (Lipinski definition) is 4. The Bertz CT molecular complexity index is 328. The average Bonchev–Trinajstić information content (AvgIpc) is 2.26. The van der Waals surface area contributed by atoms with E-state index < -0.39 is 23.1 Å². The number of carboxylic acids is 1. The van der Waals surface area contributed by atoms with E-state index in [1.54, 1.807) is 20.8 Å². The van der Waals surface area contributed by atoms with Gasteiger partial charge in [0.2, 0.25) is 5.54 Å². The topological polar surface area (TPSA) is 89.6 Å². The molecule has 5 heteroatoms. The molecule has 0 aromatic rings. The fourth-order valence-corrected chi connectivity index (χ4v) is 2.35. The molecular formula is C13H23NO4. The van der Waals surface area contributed by atoms with E-state index in [0.717, 1.165) is 19.3 Å². The number of carbonyl (C=O) groups excluding carboxylic acids is 1. The van der Waals surface area contributed by atoms with Crippen molar-refractivity contribution in [3.05, 3.63) is 0 Å². The van der Waals surface area contributed by atoms with Gasteiger partial charge in [0.1, 0.15) is 5.60 Å². The van der Waals surface area contributed by atoms with Crippen LogP contribution in [-0.4, -0.2) is 28.2 Å². The number of ether oxygens (including phenoxy) is 1. The van der Waals surface area contributed by atoms with E-state index in [2.05, 4.69) is 0 Å². The largest absolute Gasteiger partial charge is 0.479 e. The van der Waals surface area contributed by atoms with Crippen LogP contribution < -0.4 is 5.73 Å². The highest BCUT2D eigenvalue weighted by molar-refractivity contribution is 6.04. The second-order valence-corrected chi connectivity index (χ2v) is 6.01. The lowest BCUT2D eigenvalue weighted by Gasteiger charge is -2.35. The van der Waals surface area contributed by atoms with Gasteiger partial charge in [-0.3, -0.25) is 0 Å². The van der Waals surface area contributed by atoms with Crippen molar-refractivity contribution in [3.63, 3.8) is 0 Å². The zero-order valence-electron chi connectivity index (χ0n) is 11.4. The number of rotatable bonds is 3. The third-order valence-corrected chi connectivity index (χ3v) is 3.34. The Kier molecular flexibility index (Phi) is 4.37. The van der Waals surface area contributed by atoms with Gasteiger partial charge in [-0.2, -0.15) is 0 Å². The monoisotopic (exact) mass is 257 g/mol. The summed E-state index contributed by atoms with van der Waals surface area (Å²) in [5, 5.41) is 9.33. The van der Waals surface area contributed by atoms with E-state index >= 15 is 0 Å². The summed E-state index contributed by atoms with van der Waals surface area (Å²) in [7, 11) is 0. The molecule has 1 rings (SSSR count). The number of esters is 1. The lowest BCUT2D eigenvalue weighted by molar-refractivity contribution is -0.172. The molecule has 1 atom stereocenters. The average molecular weight is 257 g/mol. The number of nitrogens with two attached hydrogens (primary N) is 1. The van der Waals surface area contributed by atoms with Gasteiger partial charge < -0.3 is 15.6 Å². The molecule has 0 aromatic carbocycles. The third kappa shape index (κ3) is 3.22. The molecular weight excluding hydrogens is 234 g/mol. The van der Waals surface area contributed by atoms with E-state index in [1.807, 2.05) is 0 Å². The van der Waals surface area contributed by atoms with Crippen molar-refractivity contribution in [2.75, 3.05) is 0 Å². The number of carboxylic acid groups (broad SMARTS) is 1. The van der Waals surface area contributed by atoms with Gasteiger partial charge in [0.05, 0.1) is 0 Å². The van der Waals surface area contributed by atoms with Gasteiger partial charge in [-0.1, -0.05) is 19.3 Å².